The highest BCUT2D eigenvalue weighted by Crippen LogP contribution is 2.28. The fourth-order valence-electron chi connectivity index (χ4n) is 2.21. The first kappa shape index (κ1) is 16.1. The number of carbonyl (C=O) groups is 2. The molecule has 6 nitrogen and oxygen atoms in total. The Morgan fingerprint density at radius 3 is 2.83 bits per heavy atom. The number of hydrogen-bond donors (Lipinski definition) is 1. The van der Waals surface area contributed by atoms with Crippen molar-refractivity contribution in [2.24, 2.45) is 0 Å². The Morgan fingerprint density at radius 2 is 2.17 bits per heavy atom. The molecule has 1 N–H and O–H groups in total. The normalized spacial score (nSPS) is 10.8. The Morgan fingerprint density at radius 1 is 1.38 bits per heavy atom. The number of carbonyl (C=O) groups excluding carboxylic acids is 2. The molecular formula is C16H14FN3O3S. The van der Waals surface area contributed by atoms with Crippen molar-refractivity contribution >= 4 is 39.1 Å². The highest BCUT2D eigenvalue weighted by Gasteiger charge is 2.19. The quantitative estimate of drug-likeness (QED) is 0.787. The van der Waals surface area contributed by atoms with Gasteiger partial charge in [0.25, 0.3) is 5.91 Å². The number of amides is 2. The topological polar surface area (TPSA) is 75.4 Å². The number of hydrogen-bond acceptors (Lipinski definition) is 5. The molecule has 0 bridgehead atoms. The molecule has 0 aliphatic carbocycles. The summed E-state index contributed by atoms with van der Waals surface area (Å²) in [4.78, 5) is 26.0. The molecule has 0 aliphatic rings. The minimum Gasteiger partial charge on any atom is -0.360 e. The van der Waals surface area contributed by atoms with Gasteiger partial charge in [-0.15, -0.1) is 11.3 Å². The molecule has 2 heterocycles. The number of thiophene rings is 1. The maximum Gasteiger partial charge on any atom is 0.264 e. The second-order valence-electron chi connectivity index (χ2n) is 5.29. The van der Waals surface area contributed by atoms with Crippen LogP contribution in [0, 0.1) is 12.7 Å². The van der Waals surface area contributed by atoms with Gasteiger partial charge in [-0.05, 0) is 25.1 Å². The van der Waals surface area contributed by atoms with Crippen LogP contribution < -0.4 is 5.32 Å². The van der Waals surface area contributed by atoms with Crippen LogP contribution in [0.25, 0.3) is 10.1 Å². The van der Waals surface area contributed by atoms with E-state index in [1.807, 2.05) is 0 Å². The van der Waals surface area contributed by atoms with Crippen molar-refractivity contribution in [1.82, 2.24) is 10.1 Å². The Bertz CT molecular complexity index is 918. The van der Waals surface area contributed by atoms with Gasteiger partial charge < -0.3 is 14.7 Å². The van der Waals surface area contributed by atoms with Gasteiger partial charge in [-0.25, -0.2) is 4.39 Å². The van der Waals surface area contributed by atoms with Gasteiger partial charge in [-0.1, -0.05) is 11.2 Å². The van der Waals surface area contributed by atoms with Crippen LogP contribution in [0.3, 0.4) is 0 Å². The van der Waals surface area contributed by atoms with E-state index in [1.165, 1.54) is 35.4 Å². The summed E-state index contributed by atoms with van der Waals surface area (Å²) in [7, 11) is 1.51. The SMILES string of the molecule is Cc1cc(NC(=O)CN(C)C(=O)c2cc3c(F)cccc3s2)no1. The highest BCUT2D eigenvalue weighted by molar-refractivity contribution is 7.20. The minimum absolute atomic E-state index is 0.151. The minimum atomic E-state index is -0.397. The van der Waals surface area contributed by atoms with Crippen LogP contribution in [0.2, 0.25) is 0 Å². The van der Waals surface area contributed by atoms with E-state index < -0.39 is 5.91 Å². The number of anilines is 1. The standard InChI is InChI=1S/C16H14FN3O3S/c1-9-6-14(19-23-9)18-15(21)8-20(2)16(22)13-7-10-11(17)4-3-5-12(10)24-13/h3-7H,8H2,1-2H3,(H,18,19,21). The van der Waals surface area contributed by atoms with E-state index in [0.29, 0.717) is 26.5 Å². The van der Waals surface area contributed by atoms with E-state index in [2.05, 4.69) is 10.5 Å². The van der Waals surface area contributed by atoms with Crippen LogP contribution in [-0.2, 0) is 4.79 Å². The molecule has 0 atom stereocenters. The van der Waals surface area contributed by atoms with E-state index >= 15 is 0 Å². The lowest BCUT2D eigenvalue weighted by atomic mass is 10.2. The molecule has 0 fully saturated rings. The molecule has 0 aliphatic heterocycles. The van der Waals surface area contributed by atoms with E-state index in [9.17, 15) is 14.0 Å². The van der Waals surface area contributed by atoms with Crippen LogP contribution in [0.4, 0.5) is 10.2 Å². The third-order valence-corrected chi connectivity index (χ3v) is 4.43. The zero-order chi connectivity index (χ0) is 17.3. The molecule has 24 heavy (non-hydrogen) atoms. The molecule has 124 valence electrons. The zero-order valence-corrected chi connectivity index (χ0v) is 13.8. The van der Waals surface area contributed by atoms with Crippen molar-refractivity contribution in [3.8, 4) is 0 Å². The first-order valence-electron chi connectivity index (χ1n) is 7.11. The van der Waals surface area contributed by atoms with Crippen molar-refractivity contribution in [1.29, 1.82) is 0 Å². The molecule has 0 spiro atoms. The zero-order valence-electron chi connectivity index (χ0n) is 13.0. The van der Waals surface area contributed by atoms with Gasteiger partial charge in [0.1, 0.15) is 11.6 Å². The maximum absolute atomic E-state index is 13.7. The molecule has 0 unspecified atom stereocenters. The van der Waals surface area contributed by atoms with Gasteiger partial charge in [0.15, 0.2) is 5.82 Å². The van der Waals surface area contributed by atoms with Gasteiger partial charge in [0.05, 0.1) is 11.4 Å². The van der Waals surface area contributed by atoms with Gasteiger partial charge in [0.2, 0.25) is 5.91 Å². The Hall–Kier alpha value is -2.74. The van der Waals surface area contributed by atoms with Gasteiger partial charge >= 0.3 is 0 Å². The lowest BCUT2D eigenvalue weighted by Crippen LogP contribution is -2.34. The number of fused-ring (bicyclic) bond motifs is 1. The fourth-order valence-corrected chi connectivity index (χ4v) is 3.28. The maximum atomic E-state index is 13.7. The lowest BCUT2D eigenvalue weighted by molar-refractivity contribution is -0.116. The molecular weight excluding hydrogens is 333 g/mol. The number of halogens is 1. The summed E-state index contributed by atoms with van der Waals surface area (Å²) in [5, 5.41) is 6.60. The molecule has 1 aromatic carbocycles. The first-order valence-corrected chi connectivity index (χ1v) is 7.92. The third kappa shape index (κ3) is 3.28. The molecule has 3 rings (SSSR count). The van der Waals surface area contributed by atoms with E-state index in [4.69, 9.17) is 4.52 Å². The average molecular weight is 347 g/mol. The predicted octanol–water partition coefficient (Wildman–Crippen LogP) is 3.05. The summed E-state index contributed by atoms with van der Waals surface area (Å²) < 4.78 is 19.3. The summed E-state index contributed by atoms with van der Waals surface area (Å²) in [6.07, 6.45) is 0. The van der Waals surface area contributed by atoms with Crippen molar-refractivity contribution in [2.45, 2.75) is 6.92 Å². The predicted molar refractivity (Wildman–Crippen MR) is 88.6 cm³/mol. The fraction of sp³-hybridized carbons (Fsp3) is 0.188. The van der Waals surface area contributed by atoms with Gasteiger partial charge in [-0.2, -0.15) is 0 Å². The van der Waals surface area contributed by atoms with E-state index in [0.717, 1.165) is 0 Å². The van der Waals surface area contributed by atoms with Crippen molar-refractivity contribution in [3.05, 3.63) is 46.8 Å². The highest BCUT2D eigenvalue weighted by atomic mass is 32.1. The summed E-state index contributed by atoms with van der Waals surface area (Å²) in [6.45, 7) is 1.56. The Balaban J connectivity index is 1.69. The molecule has 8 heteroatoms. The third-order valence-electron chi connectivity index (χ3n) is 3.34. The first-order chi connectivity index (χ1) is 11.4. The summed E-state index contributed by atoms with van der Waals surface area (Å²) >= 11 is 1.19. The van der Waals surface area contributed by atoms with Crippen LogP contribution >= 0.6 is 11.3 Å². The molecule has 2 amide bonds. The van der Waals surface area contributed by atoms with Crippen LogP contribution in [0.5, 0.6) is 0 Å². The van der Waals surface area contributed by atoms with Crippen molar-refractivity contribution in [2.75, 3.05) is 18.9 Å². The van der Waals surface area contributed by atoms with Crippen LogP contribution in [0.1, 0.15) is 15.4 Å². The monoisotopic (exact) mass is 347 g/mol. The van der Waals surface area contributed by atoms with Crippen molar-refractivity contribution < 1.29 is 18.5 Å². The number of aromatic nitrogens is 1. The number of nitrogens with one attached hydrogen (secondary N) is 1. The largest absolute Gasteiger partial charge is 0.360 e. The number of nitrogens with zero attached hydrogens (tertiary/aromatic N) is 2. The van der Waals surface area contributed by atoms with E-state index in [-0.39, 0.29) is 18.3 Å². The number of rotatable bonds is 4. The van der Waals surface area contributed by atoms with Gasteiger partial charge in [0, 0.05) is 23.2 Å². The van der Waals surface area contributed by atoms with Crippen LogP contribution in [-0.4, -0.2) is 35.5 Å². The molecule has 3 aromatic rings. The summed E-state index contributed by atoms with van der Waals surface area (Å²) in [5.74, 6) is -0.248. The average Bonchev–Trinajstić information content (AvgIpc) is 3.13. The lowest BCUT2D eigenvalue weighted by Gasteiger charge is -2.15. The van der Waals surface area contributed by atoms with E-state index in [1.54, 1.807) is 25.1 Å². The Kier molecular flexibility index (Phi) is 4.30. The summed E-state index contributed by atoms with van der Waals surface area (Å²) in [6, 6.07) is 7.78. The number of likely N-dealkylation sites (N-methyl/N-ethyl adjacent to an activating group) is 1. The number of benzene rings is 1. The molecule has 0 saturated carbocycles. The molecule has 0 radical (unpaired) electrons. The second-order valence-corrected chi connectivity index (χ2v) is 6.38. The van der Waals surface area contributed by atoms with Crippen LogP contribution in [0.15, 0.2) is 34.9 Å². The smallest absolute Gasteiger partial charge is 0.264 e. The second kappa shape index (κ2) is 6.40. The number of aryl methyl sites for hydroxylation is 1. The van der Waals surface area contributed by atoms with Gasteiger partial charge in [-0.3, -0.25) is 9.59 Å². The molecule has 2 aromatic heterocycles. The molecule has 0 saturated heterocycles. The summed E-state index contributed by atoms with van der Waals surface area (Å²) in [5.41, 5.74) is 0. The van der Waals surface area contributed by atoms with Crippen molar-refractivity contribution in [3.63, 3.8) is 0 Å². The Labute approximate surface area is 140 Å².